The summed E-state index contributed by atoms with van der Waals surface area (Å²) in [7, 11) is -3.94. The maximum atomic E-state index is 13.6. The second-order valence-electron chi connectivity index (χ2n) is 9.09. The molecule has 4 rings (SSSR count). The van der Waals surface area contributed by atoms with E-state index in [2.05, 4.69) is 10.3 Å². The molecule has 3 aromatic carbocycles. The molecule has 1 heterocycles. The number of pyridine rings is 1. The van der Waals surface area contributed by atoms with Crippen molar-refractivity contribution in [2.24, 2.45) is 5.73 Å². The molecule has 0 bridgehead atoms. The first-order valence-electron chi connectivity index (χ1n) is 12.4. The molecule has 0 unspecified atom stereocenters. The highest BCUT2D eigenvalue weighted by atomic mass is 32.2. The van der Waals surface area contributed by atoms with Gasteiger partial charge >= 0.3 is 0 Å². The fourth-order valence-electron chi connectivity index (χ4n) is 4.05. The Balaban J connectivity index is 1.52. The van der Waals surface area contributed by atoms with Crippen LogP contribution in [-0.2, 0) is 34.3 Å². The number of carbonyl (C=O) groups is 2. The second-order valence-corrected chi connectivity index (χ2v) is 11.0. The summed E-state index contributed by atoms with van der Waals surface area (Å²) in [5.41, 5.74) is 8.39. The van der Waals surface area contributed by atoms with Crippen molar-refractivity contribution in [2.75, 3.05) is 0 Å². The molecule has 9 nitrogen and oxygen atoms in total. The average molecular weight is 554 g/mol. The smallest absolute Gasteiger partial charge is 0.251 e. The van der Waals surface area contributed by atoms with Gasteiger partial charge in [-0.2, -0.15) is 9.57 Å². The number of nitriles is 1. The number of nitrogens with two attached hydrogens (primary N) is 1. The van der Waals surface area contributed by atoms with Crippen molar-refractivity contribution in [3.63, 3.8) is 0 Å². The lowest BCUT2D eigenvalue weighted by Crippen LogP contribution is -2.45. The standard InChI is InChI=1S/C30H27N5O4S/c31-18-23-10-14-27(15-11-23)40(38,39)35(21-25-7-4-16-33-19-25)20-24-8-12-26(13-9-24)30(37)34-28(29(32)36)17-22-5-2-1-3-6-22/h1-16,19,28H,17,20-21H2,(H2,32,36)(H,34,37)/t28-/m0/s1. The third-order valence-corrected chi connectivity index (χ3v) is 8.02. The van der Waals surface area contributed by atoms with E-state index in [1.165, 1.54) is 28.6 Å². The fourth-order valence-corrected chi connectivity index (χ4v) is 5.47. The summed E-state index contributed by atoms with van der Waals surface area (Å²) in [6, 6.07) is 26.0. The van der Waals surface area contributed by atoms with Crippen molar-refractivity contribution in [1.82, 2.24) is 14.6 Å². The maximum absolute atomic E-state index is 13.6. The minimum Gasteiger partial charge on any atom is -0.368 e. The normalized spacial score (nSPS) is 11.9. The zero-order chi connectivity index (χ0) is 28.5. The lowest BCUT2D eigenvalue weighted by molar-refractivity contribution is -0.119. The quantitative estimate of drug-likeness (QED) is 0.292. The summed E-state index contributed by atoms with van der Waals surface area (Å²) in [5.74, 6) is -1.11. The number of primary amides is 1. The van der Waals surface area contributed by atoms with Crippen LogP contribution in [0.25, 0.3) is 0 Å². The van der Waals surface area contributed by atoms with Crippen LogP contribution in [0.5, 0.6) is 0 Å². The lowest BCUT2D eigenvalue weighted by Gasteiger charge is -2.23. The van der Waals surface area contributed by atoms with Gasteiger partial charge in [-0.05, 0) is 59.2 Å². The number of hydrogen-bond acceptors (Lipinski definition) is 6. The molecular formula is C30H27N5O4S. The van der Waals surface area contributed by atoms with E-state index in [9.17, 15) is 18.0 Å². The van der Waals surface area contributed by atoms with Crippen LogP contribution in [0.4, 0.5) is 0 Å². The van der Waals surface area contributed by atoms with Crippen molar-refractivity contribution in [3.8, 4) is 6.07 Å². The lowest BCUT2D eigenvalue weighted by atomic mass is 10.0. The monoisotopic (exact) mass is 553 g/mol. The van der Waals surface area contributed by atoms with E-state index in [0.29, 0.717) is 22.3 Å². The summed E-state index contributed by atoms with van der Waals surface area (Å²) >= 11 is 0. The first kappa shape index (κ1) is 28.2. The van der Waals surface area contributed by atoms with E-state index in [1.807, 2.05) is 36.4 Å². The number of rotatable bonds is 11. The molecule has 40 heavy (non-hydrogen) atoms. The van der Waals surface area contributed by atoms with Crippen molar-refractivity contribution < 1.29 is 18.0 Å². The minimum absolute atomic E-state index is 0.0248. The van der Waals surface area contributed by atoms with Crippen molar-refractivity contribution in [2.45, 2.75) is 30.4 Å². The van der Waals surface area contributed by atoms with E-state index in [0.717, 1.165) is 5.56 Å². The molecule has 2 amide bonds. The van der Waals surface area contributed by atoms with Gasteiger partial charge in [0.05, 0.1) is 16.5 Å². The molecule has 0 radical (unpaired) electrons. The SMILES string of the molecule is N#Cc1ccc(S(=O)(=O)N(Cc2ccc(C(=O)N[C@@H](Cc3ccccc3)C(N)=O)cc2)Cc2cccnc2)cc1. The van der Waals surface area contributed by atoms with Crippen LogP contribution >= 0.6 is 0 Å². The summed E-state index contributed by atoms with van der Waals surface area (Å²) in [5, 5.41) is 11.7. The number of carbonyl (C=O) groups excluding carboxylic acids is 2. The van der Waals surface area contributed by atoms with Gasteiger partial charge in [0, 0.05) is 37.5 Å². The predicted molar refractivity (Wildman–Crippen MR) is 149 cm³/mol. The molecule has 3 N–H and O–H groups in total. The molecule has 1 atom stereocenters. The Morgan fingerprint density at radius 1 is 0.875 bits per heavy atom. The van der Waals surface area contributed by atoms with Gasteiger partial charge in [0.2, 0.25) is 15.9 Å². The number of amides is 2. The summed E-state index contributed by atoms with van der Waals surface area (Å²) < 4.78 is 28.4. The molecule has 4 aromatic rings. The van der Waals surface area contributed by atoms with Crippen LogP contribution in [0.1, 0.15) is 32.6 Å². The van der Waals surface area contributed by atoms with Gasteiger partial charge in [0.15, 0.2) is 0 Å². The molecule has 0 fully saturated rings. The molecule has 0 saturated heterocycles. The van der Waals surface area contributed by atoms with Gasteiger partial charge in [-0.25, -0.2) is 8.42 Å². The molecule has 0 saturated carbocycles. The third kappa shape index (κ3) is 7.17. The minimum atomic E-state index is -3.94. The molecule has 1 aromatic heterocycles. The first-order valence-corrected chi connectivity index (χ1v) is 13.8. The van der Waals surface area contributed by atoms with Gasteiger partial charge in [0.25, 0.3) is 5.91 Å². The topological polar surface area (TPSA) is 146 Å². The van der Waals surface area contributed by atoms with Gasteiger partial charge in [0.1, 0.15) is 6.04 Å². The highest BCUT2D eigenvalue weighted by Gasteiger charge is 2.25. The molecular weight excluding hydrogens is 526 g/mol. The van der Waals surface area contributed by atoms with Crippen LogP contribution in [-0.4, -0.2) is 35.6 Å². The molecule has 0 aliphatic rings. The van der Waals surface area contributed by atoms with Crippen molar-refractivity contribution in [3.05, 3.63) is 131 Å². The summed E-state index contributed by atoms with van der Waals surface area (Å²) in [6.45, 7) is 0.0925. The molecule has 0 aliphatic carbocycles. The zero-order valence-electron chi connectivity index (χ0n) is 21.5. The highest BCUT2D eigenvalue weighted by molar-refractivity contribution is 7.89. The zero-order valence-corrected chi connectivity index (χ0v) is 22.3. The van der Waals surface area contributed by atoms with E-state index < -0.39 is 27.9 Å². The van der Waals surface area contributed by atoms with Crippen molar-refractivity contribution >= 4 is 21.8 Å². The average Bonchev–Trinajstić information content (AvgIpc) is 2.98. The number of nitrogens with one attached hydrogen (secondary N) is 1. The Labute approximate surface area is 233 Å². The molecule has 10 heteroatoms. The van der Waals surface area contributed by atoms with E-state index in [1.54, 1.807) is 48.8 Å². The van der Waals surface area contributed by atoms with Crippen LogP contribution in [0.15, 0.2) is 108 Å². The van der Waals surface area contributed by atoms with E-state index in [-0.39, 0.29) is 24.4 Å². The number of aromatic nitrogens is 1. The Morgan fingerprint density at radius 2 is 1.52 bits per heavy atom. The Morgan fingerprint density at radius 3 is 2.12 bits per heavy atom. The first-order chi connectivity index (χ1) is 19.3. The van der Waals surface area contributed by atoms with Crippen LogP contribution in [0.3, 0.4) is 0 Å². The Kier molecular flexibility index (Phi) is 9.01. The van der Waals surface area contributed by atoms with Crippen LogP contribution in [0.2, 0.25) is 0 Å². The predicted octanol–water partition coefficient (Wildman–Crippen LogP) is 3.17. The molecule has 0 aliphatic heterocycles. The van der Waals surface area contributed by atoms with Gasteiger partial charge in [-0.3, -0.25) is 14.6 Å². The van der Waals surface area contributed by atoms with Crippen molar-refractivity contribution in [1.29, 1.82) is 5.26 Å². The number of sulfonamides is 1. The molecule has 202 valence electrons. The highest BCUT2D eigenvalue weighted by Crippen LogP contribution is 2.22. The summed E-state index contributed by atoms with van der Waals surface area (Å²) in [4.78, 5) is 29.0. The van der Waals surface area contributed by atoms with Gasteiger partial charge in [-0.1, -0.05) is 48.5 Å². The largest absolute Gasteiger partial charge is 0.368 e. The van der Waals surface area contributed by atoms with E-state index >= 15 is 0 Å². The van der Waals surface area contributed by atoms with E-state index in [4.69, 9.17) is 11.0 Å². The second kappa shape index (κ2) is 12.8. The number of hydrogen-bond donors (Lipinski definition) is 2. The Hall–Kier alpha value is -4.85. The Bertz CT molecular complexity index is 1600. The van der Waals surface area contributed by atoms with Gasteiger partial charge in [-0.15, -0.1) is 0 Å². The van der Waals surface area contributed by atoms with Crippen LogP contribution in [0, 0.1) is 11.3 Å². The van der Waals surface area contributed by atoms with Crippen LogP contribution < -0.4 is 11.1 Å². The maximum Gasteiger partial charge on any atom is 0.251 e. The number of benzene rings is 3. The molecule has 0 spiro atoms. The van der Waals surface area contributed by atoms with Gasteiger partial charge < -0.3 is 11.1 Å². The summed E-state index contributed by atoms with van der Waals surface area (Å²) in [6.07, 6.45) is 3.46. The number of nitrogens with zero attached hydrogens (tertiary/aromatic N) is 3. The third-order valence-electron chi connectivity index (χ3n) is 6.21. The fraction of sp³-hybridized carbons (Fsp3) is 0.133.